The zero-order chi connectivity index (χ0) is 19.3. The first-order valence-corrected chi connectivity index (χ1v) is 10.8. The van der Waals surface area contributed by atoms with Crippen molar-refractivity contribution in [2.24, 2.45) is 11.8 Å². The fourth-order valence-electron chi connectivity index (χ4n) is 4.51. The van der Waals surface area contributed by atoms with Gasteiger partial charge in [-0.2, -0.15) is 4.31 Å². The number of nitrogens with zero attached hydrogens (tertiary/aromatic N) is 2. The molecule has 2 amide bonds. The molecule has 0 unspecified atom stereocenters. The molecule has 4 rings (SSSR count). The molecule has 1 aliphatic carbocycles. The summed E-state index contributed by atoms with van der Waals surface area (Å²) in [4.78, 5) is 26.1. The number of carbonyl (C=O) groups is 2. The molecule has 0 spiro atoms. The van der Waals surface area contributed by atoms with E-state index in [9.17, 15) is 18.0 Å². The summed E-state index contributed by atoms with van der Waals surface area (Å²) in [7, 11) is -1.88. The highest BCUT2D eigenvalue weighted by Gasteiger charge is 2.53. The normalized spacial score (nSPS) is 30.9. The number of sulfonamides is 1. The average molecular weight is 391 g/mol. The van der Waals surface area contributed by atoms with Gasteiger partial charge in [-0.1, -0.05) is 17.7 Å². The molecule has 27 heavy (non-hydrogen) atoms. The largest absolute Gasteiger partial charge is 0.351 e. The van der Waals surface area contributed by atoms with Crippen LogP contribution >= 0.6 is 0 Å². The van der Waals surface area contributed by atoms with Crippen LogP contribution < -0.4 is 5.32 Å². The lowest BCUT2D eigenvalue weighted by Gasteiger charge is -2.44. The van der Waals surface area contributed by atoms with Gasteiger partial charge in [0.25, 0.3) is 0 Å². The molecule has 7 nitrogen and oxygen atoms in total. The zero-order valence-electron chi connectivity index (χ0n) is 15.6. The molecule has 3 fully saturated rings. The van der Waals surface area contributed by atoms with Crippen molar-refractivity contribution in [3.05, 3.63) is 29.8 Å². The number of hydrogen-bond donors (Lipinski definition) is 1. The summed E-state index contributed by atoms with van der Waals surface area (Å²) in [5.41, 5.74) is 1.01. The van der Waals surface area contributed by atoms with Gasteiger partial charge in [-0.15, -0.1) is 0 Å². The third kappa shape index (κ3) is 3.14. The van der Waals surface area contributed by atoms with Crippen LogP contribution in [0.1, 0.15) is 24.8 Å². The maximum atomic E-state index is 13.1. The van der Waals surface area contributed by atoms with Gasteiger partial charge >= 0.3 is 0 Å². The van der Waals surface area contributed by atoms with Crippen molar-refractivity contribution in [1.29, 1.82) is 0 Å². The van der Waals surface area contributed by atoms with Crippen molar-refractivity contribution in [3.63, 3.8) is 0 Å². The maximum absolute atomic E-state index is 13.1. The molecule has 1 N–H and O–H groups in total. The molecule has 146 valence electrons. The quantitative estimate of drug-likeness (QED) is 0.820. The summed E-state index contributed by atoms with van der Waals surface area (Å²) in [6, 6.07) is 6.53. The van der Waals surface area contributed by atoms with Crippen LogP contribution in [0, 0.1) is 18.8 Å². The molecule has 0 bridgehead atoms. The van der Waals surface area contributed by atoms with E-state index in [-0.39, 0.29) is 36.2 Å². The minimum absolute atomic E-state index is 0.0222. The fourth-order valence-corrected chi connectivity index (χ4v) is 6.25. The summed E-state index contributed by atoms with van der Waals surface area (Å²) in [5.74, 6) is -0.213. The van der Waals surface area contributed by atoms with Gasteiger partial charge < -0.3 is 10.2 Å². The van der Waals surface area contributed by atoms with E-state index >= 15 is 0 Å². The van der Waals surface area contributed by atoms with Gasteiger partial charge in [0.05, 0.1) is 10.8 Å². The Balaban J connectivity index is 1.47. The van der Waals surface area contributed by atoms with E-state index in [1.165, 1.54) is 0 Å². The first kappa shape index (κ1) is 18.4. The Morgan fingerprint density at radius 1 is 1.22 bits per heavy atom. The molecule has 1 aromatic rings. The van der Waals surface area contributed by atoms with Gasteiger partial charge in [-0.25, -0.2) is 8.42 Å². The van der Waals surface area contributed by atoms with Gasteiger partial charge in [0.1, 0.15) is 0 Å². The molecular weight excluding hydrogens is 366 g/mol. The van der Waals surface area contributed by atoms with Crippen LogP contribution in [0.25, 0.3) is 0 Å². The molecule has 1 saturated carbocycles. The van der Waals surface area contributed by atoms with Crippen LogP contribution in [-0.2, 0) is 19.6 Å². The van der Waals surface area contributed by atoms with Crippen LogP contribution in [0.3, 0.4) is 0 Å². The minimum Gasteiger partial charge on any atom is -0.351 e. The Morgan fingerprint density at radius 3 is 2.56 bits per heavy atom. The molecular formula is C19H25N3O4S. The van der Waals surface area contributed by atoms with E-state index in [0.29, 0.717) is 23.9 Å². The third-order valence-electron chi connectivity index (χ3n) is 6.17. The number of hydrogen-bond acceptors (Lipinski definition) is 4. The smallest absolute Gasteiger partial charge is 0.243 e. The first-order valence-electron chi connectivity index (χ1n) is 9.40. The van der Waals surface area contributed by atoms with Crippen molar-refractivity contribution >= 4 is 21.8 Å². The number of aryl methyl sites for hydroxylation is 1. The monoisotopic (exact) mass is 391 g/mol. The SMILES string of the molecule is Cc1ccc(S(=O)(=O)N2CC[C@@H]3C[C@H](NC(=O)[C@@H]4CC(=O)N(C)C4)[C@@H]32)cc1. The average Bonchev–Trinajstić information content (AvgIpc) is 3.13. The van der Waals surface area contributed by atoms with Crippen LogP contribution in [-0.4, -0.2) is 61.7 Å². The number of fused-ring (bicyclic) bond motifs is 1. The molecule has 0 aromatic heterocycles. The summed E-state index contributed by atoms with van der Waals surface area (Å²) < 4.78 is 27.7. The molecule has 2 heterocycles. The third-order valence-corrected chi connectivity index (χ3v) is 8.08. The highest BCUT2D eigenvalue weighted by Crippen LogP contribution is 2.43. The maximum Gasteiger partial charge on any atom is 0.243 e. The van der Waals surface area contributed by atoms with Gasteiger partial charge in [-0.3, -0.25) is 9.59 Å². The number of rotatable bonds is 4. The summed E-state index contributed by atoms with van der Waals surface area (Å²) in [5, 5.41) is 3.01. The molecule has 2 aliphatic heterocycles. The number of benzene rings is 1. The fraction of sp³-hybridized carbons (Fsp3) is 0.579. The Kier molecular flexibility index (Phi) is 4.50. The molecule has 4 atom stereocenters. The first-order chi connectivity index (χ1) is 12.8. The van der Waals surface area contributed by atoms with E-state index < -0.39 is 10.0 Å². The van der Waals surface area contributed by atoms with Crippen LogP contribution in [0.4, 0.5) is 0 Å². The van der Waals surface area contributed by atoms with E-state index in [1.54, 1.807) is 40.5 Å². The topological polar surface area (TPSA) is 86.8 Å². The van der Waals surface area contributed by atoms with E-state index in [0.717, 1.165) is 18.4 Å². The van der Waals surface area contributed by atoms with Crippen LogP contribution in [0.15, 0.2) is 29.2 Å². The van der Waals surface area contributed by atoms with Crippen molar-refractivity contribution in [2.75, 3.05) is 20.1 Å². The predicted molar refractivity (Wildman–Crippen MR) is 99.3 cm³/mol. The Hall–Kier alpha value is -1.93. The molecule has 1 aromatic carbocycles. The predicted octanol–water partition coefficient (Wildman–Crippen LogP) is 0.741. The van der Waals surface area contributed by atoms with Crippen molar-refractivity contribution in [1.82, 2.24) is 14.5 Å². The Morgan fingerprint density at radius 2 is 1.93 bits per heavy atom. The van der Waals surface area contributed by atoms with Crippen LogP contribution in [0.2, 0.25) is 0 Å². The van der Waals surface area contributed by atoms with Gasteiger partial charge in [0.15, 0.2) is 0 Å². The second-order valence-corrected chi connectivity index (χ2v) is 9.88. The van der Waals surface area contributed by atoms with E-state index in [4.69, 9.17) is 0 Å². The van der Waals surface area contributed by atoms with Crippen LogP contribution in [0.5, 0.6) is 0 Å². The standard InChI is InChI=1S/C19H25N3O4S/c1-12-3-5-15(6-4-12)27(25,26)22-8-7-13-9-16(18(13)22)20-19(24)14-10-17(23)21(2)11-14/h3-6,13-14,16,18H,7-11H2,1-2H3,(H,20,24)/t13-,14-,16+,18-/m1/s1. The molecule has 3 aliphatic rings. The van der Waals surface area contributed by atoms with E-state index in [2.05, 4.69) is 5.32 Å². The van der Waals surface area contributed by atoms with Gasteiger partial charge in [-0.05, 0) is 37.8 Å². The lowest BCUT2D eigenvalue weighted by atomic mass is 9.75. The molecule has 2 saturated heterocycles. The summed E-state index contributed by atoms with van der Waals surface area (Å²) >= 11 is 0. The lowest BCUT2D eigenvalue weighted by molar-refractivity contribution is -0.129. The number of carbonyl (C=O) groups excluding carboxylic acids is 2. The van der Waals surface area contributed by atoms with E-state index in [1.807, 2.05) is 6.92 Å². The lowest BCUT2D eigenvalue weighted by Crippen LogP contribution is -2.61. The van der Waals surface area contributed by atoms with Crippen molar-refractivity contribution < 1.29 is 18.0 Å². The Labute approximate surface area is 159 Å². The highest BCUT2D eigenvalue weighted by molar-refractivity contribution is 7.89. The molecule has 0 radical (unpaired) electrons. The Bertz CT molecular complexity index is 867. The second-order valence-electron chi connectivity index (χ2n) is 7.99. The number of amides is 2. The highest BCUT2D eigenvalue weighted by atomic mass is 32.2. The number of likely N-dealkylation sites (tertiary alicyclic amines) is 1. The van der Waals surface area contributed by atoms with Crippen molar-refractivity contribution in [2.45, 2.75) is 43.2 Å². The second kappa shape index (κ2) is 6.60. The van der Waals surface area contributed by atoms with Gasteiger partial charge in [0, 0.05) is 38.6 Å². The number of nitrogens with one attached hydrogen (secondary N) is 1. The molecule has 8 heteroatoms. The minimum atomic E-state index is -3.57. The van der Waals surface area contributed by atoms with Crippen molar-refractivity contribution in [3.8, 4) is 0 Å². The van der Waals surface area contributed by atoms with Gasteiger partial charge in [0.2, 0.25) is 21.8 Å². The summed E-state index contributed by atoms with van der Waals surface area (Å²) in [6.07, 6.45) is 1.86. The zero-order valence-corrected chi connectivity index (χ0v) is 16.4. The summed E-state index contributed by atoms with van der Waals surface area (Å²) in [6.45, 7) is 2.84.